The third-order valence-electron chi connectivity index (χ3n) is 3.47. The van der Waals surface area contributed by atoms with Crippen molar-refractivity contribution in [3.63, 3.8) is 0 Å². The van der Waals surface area contributed by atoms with Gasteiger partial charge in [-0.2, -0.15) is 0 Å². The number of nitrogens with one attached hydrogen (secondary N) is 1. The van der Waals surface area contributed by atoms with Crippen molar-refractivity contribution in [1.82, 2.24) is 4.90 Å². The molecule has 7 heteroatoms. The van der Waals surface area contributed by atoms with Crippen molar-refractivity contribution in [3.05, 3.63) is 64.1 Å². The Morgan fingerprint density at radius 2 is 1.92 bits per heavy atom. The molecule has 0 radical (unpaired) electrons. The topological polar surface area (TPSA) is 58.6 Å². The average molecular weight is 393 g/mol. The number of rotatable bonds is 6. The first kappa shape index (κ1) is 19.8. The van der Waals surface area contributed by atoms with Crippen LogP contribution in [0.2, 0.25) is 10.0 Å². The quantitative estimate of drug-likeness (QED) is 0.752. The summed E-state index contributed by atoms with van der Waals surface area (Å²) in [6.07, 6.45) is 2.99. The van der Waals surface area contributed by atoms with E-state index in [-0.39, 0.29) is 18.4 Å². The van der Waals surface area contributed by atoms with Gasteiger partial charge in [0.2, 0.25) is 11.8 Å². The summed E-state index contributed by atoms with van der Waals surface area (Å²) < 4.78 is 5.10. The molecule has 0 aliphatic rings. The second-order valence-corrected chi connectivity index (χ2v) is 6.30. The Balaban J connectivity index is 1.91. The summed E-state index contributed by atoms with van der Waals surface area (Å²) in [6, 6.07) is 12.0. The Hall–Kier alpha value is -2.50. The van der Waals surface area contributed by atoms with Gasteiger partial charge in [-0.05, 0) is 35.9 Å². The van der Waals surface area contributed by atoms with Gasteiger partial charge in [-0.15, -0.1) is 0 Å². The molecule has 0 saturated heterocycles. The van der Waals surface area contributed by atoms with Gasteiger partial charge in [0, 0.05) is 24.9 Å². The average Bonchev–Trinajstić information content (AvgIpc) is 2.62. The lowest BCUT2D eigenvalue weighted by molar-refractivity contribution is -0.129. The summed E-state index contributed by atoms with van der Waals surface area (Å²) in [5, 5.41) is 3.58. The van der Waals surface area contributed by atoms with Gasteiger partial charge >= 0.3 is 0 Å². The summed E-state index contributed by atoms with van der Waals surface area (Å²) in [5.74, 6) is 0.0192. The number of hydrogen-bond donors (Lipinski definition) is 1. The molecule has 0 heterocycles. The number of nitrogens with zero attached hydrogens (tertiary/aromatic N) is 1. The maximum absolute atomic E-state index is 12.1. The van der Waals surface area contributed by atoms with Gasteiger partial charge in [0.05, 0.1) is 23.7 Å². The van der Waals surface area contributed by atoms with Gasteiger partial charge in [0.15, 0.2) is 0 Å². The number of likely N-dealkylation sites (N-methyl/N-ethyl adjacent to an activating group) is 1. The molecule has 0 atom stereocenters. The lowest BCUT2D eigenvalue weighted by Gasteiger charge is -2.15. The van der Waals surface area contributed by atoms with Crippen LogP contribution in [0, 0.1) is 0 Å². The number of benzene rings is 2. The standard InChI is InChI=1S/C19H18Cl2N2O3/c1-23(12-18(24)22-14-4-3-5-15(11-14)26-2)19(25)9-7-13-6-8-16(20)17(21)10-13/h3-11H,12H2,1-2H3,(H,22,24)/b9-7+. The van der Waals surface area contributed by atoms with Crippen molar-refractivity contribution in [2.45, 2.75) is 0 Å². The van der Waals surface area contributed by atoms with Gasteiger partial charge in [-0.1, -0.05) is 35.3 Å². The summed E-state index contributed by atoms with van der Waals surface area (Å²) in [7, 11) is 3.10. The van der Waals surface area contributed by atoms with Gasteiger partial charge in [-0.3, -0.25) is 9.59 Å². The molecule has 2 amide bonds. The van der Waals surface area contributed by atoms with Crippen LogP contribution < -0.4 is 10.1 Å². The maximum atomic E-state index is 12.1. The number of ether oxygens (including phenoxy) is 1. The Kier molecular flexibility index (Phi) is 7.06. The summed E-state index contributed by atoms with van der Waals surface area (Å²) in [6.45, 7) is -0.0816. The van der Waals surface area contributed by atoms with Gasteiger partial charge in [-0.25, -0.2) is 0 Å². The van der Waals surface area contributed by atoms with Gasteiger partial charge in [0.25, 0.3) is 0 Å². The highest BCUT2D eigenvalue weighted by Crippen LogP contribution is 2.23. The monoisotopic (exact) mass is 392 g/mol. The van der Waals surface area contributed by atoms with Crippen LogP contribution in [0.15, 0.2) is 48.5 Å². The Labute approximate surface area is 162 Å². The Morgan fingerprint density at radius 1 is 1.15 bits per heavy atom. The minimum atomic E-state index is -0.308. The van der Waals surface area contributed by atoms with E-state index in [1.165, 1.54) is 11.0 Å². The summed E-state index contributed by atoms with van der Waals surface area (Å²) in [5.41, 5.74) is 1.34. The highest BCUT2D eigenvalue weighted by Gasteiger charge is 2.11. The lowest BCUT2D eigenvalue weighted by Crippen LogP contribution is -2.33. The van der Waals surface area contributed by atoms with Gasteiger partial charge in [0.1, 0.15) is 5.75 Å². The minimum absolute atomic E-state index is 0.0816. The predicted molar refractivity (Wildman–Crippen MR) is 105 cm³/mol. The molecule has 0 aliphatic carbocycles. The third-order valence-corrected chi connectivity index (χ3v) is 4.21. The van der Waals surface area contributed by atoms with Crippen LogP contribution in [0.4, 0.5) is 5.69 Å². The molecule has 136 valence electrons. The van der Waals surface area contributed by atoms with E-state index in [4.69, 9.17) is 27.9 Å². The second kappa shape index (κ2) is 9.27. The number of anilines is 1. The van der Waals surface area contributed by atoms with Crippen LogP contribution in [0.3, 0.4) is 0 Å². The molecule has 2 aromatic carbocycles. The zero-order valence-corrected chi connectivity index (χ0v) is 15.8. The normalized spacial score (nSPS) is 10.6. The molecule has 1 N–H and O–H groups in total. The molecule has 0 fully saturated rings. The van der Waals surface area contributed by atoms with Crippen LogP contribution in [0.25, 0.3) is 6.08 Å². The molecule has 0 aromatic heterocycles. The van der Waals surface area contributed by atoms with Crippen molar-refractivity contribution in [2.24, 2.45) is 0 Å². The fourth-order valence-corrected chi connectivity index (χ4v) is 2.41. The van der Waals surface area contributed by atoms with E-state index >= 15 is 0 Å². The zero-order chi connectivity index (χ0) is 19.1. The van der Waals surface area contributed by atoms with Crippen molar-refractivity contribution in [3.8, 4) is 5.75 Å². The first-order valence-corrected chi connectivity index (χ1v) is 8.47. The largest absolute Gasteiger partial charge is 0.497 e. The number of carbonyl (C=O) groups excluding carboxylic acids is 2. The van der Waals surface area contributed by atoms with E-state index in [0.717, 1.165) is 5.56 Å². The Morgan fingerprint density at radius 3 is 2.62 bits per heavy atom. The van der Waals surface area contributed by atoms with Crippen molar-refractivity contribution in [2.75, 3.05) is 26.0 Å². The number of halogens is 2. The fraction of sp³-hybridized carbons (Fsp3) is 0.158. The van der Waals surface area contributed by atoms with Crippen molar-refractivity contribution < 1.29 is 14.3 Å². The summed E-state index contributed by atoms with van der Waals surface area (Å²) >= 11 is 11.8. The molecule has 26 heavy (non-hydrogen) atoms. The van der Waals surface area contributed by atoms with Crippen LogP contribution >= 0.6 is 23.2 Å². The van der Waals surface area contributed by atoms with Crippen LogP contribution in [0.1, 0.15) is 5.56 Å². The van der Waals surface area contributed by atoms with E-state index in [0.29, 0.717) is 21.5 Å². The van der Waals surface area contributed by atoms with Crippen LogP contribution in [0.5, 0.6) is 5.75 Å². The third kappa shape index (κ3) is 5.79. The van der Waals surface area contributed by atoms with Crippen molar-refractivity contribution >= 4 is 46.8 Å². The summed E-state index contributed by atoms with van der Waals surface area (Å²) in [4.78, 5) is 25.5. The van der Waals surface area contributed by atoms with E-state index in [1.807, 2.05) is 0 Å². The van der Waals surface area contributed by atoms with Crippen molar-refractivity contribution in [1.29, 1.82) is 0 Å². The first-order chi connectivity index (χ1) is 12.4. The van der Waals surface area contributed by atoms with E-state index in [9.17, 15) is 9.59 Å². The molecule has 0 unspecified atom stereocenters. The van der Waals surface area contributed by atoms with Crippen LogP contribution in [-0.2, 0) is 9.59 Å². The fourth-order valence-electron chi connectivity index (χ4n) is 2.11. The predicted octanol–water partition coefficient (Wildman–Crippen LogP) is 4.11. The number of carbonyl (C=O) groups is 2. The second-order valence-electron chi connectivity index (χ2n) is 5.48. The highest BCUT2D eigenvalue weighted by atomic mass is 35.5. The first-order valence-electron chi connectivity index (χ1n) is 7.71. The minimum Gasteiger partial charge on any atom is -0.497 e. The lowest BCUT2D eigenvalue weighted by atomic mass is 10.2. The number of amides is 2. The molecule has 2 rings (SSSR count). The molecular weight excluding hydrogens is 375 g/mol. The maximum Gasteiger partial charge on any atom is 0.246 e. The molecule has 0 saturated carbocycles. The van der Waals surface area contributed by atoms with E-state index < -0.39 is 0 Å². The smallest absolute Gasteiger partial charge is 0.246 e. The number of hydrogen-bond acceptors (Lipinski definition) is 3. The SMILES string of the molecule is COc1cccc(NC(=O)CN(C)C(=O)/C=C/c2ccc(Cl)c(Cl)c2)c1. The van der Waals surface area contributed by atoms with Crippen LogP contribution in [-0.4, -0.2) is 37.4 Å². The highest BCUT2D eigenvalue weighted by molar-refractivity contribution is 6.42. The Bertz CT molecular complexity index is 837. The molecule has 5 nitrogen and oxygen atoms in total. The molecule has 2 aromatic rings. The van der Waals surface area contributed by atoms with Gasteiger partial charge < -0.3 is 15.0 Å². The van der Waals surface area contributed by atoms with E-state index in [2.05, 4.69) is 5.32 Å². The molecule has 0 spiro atoms. The zero-order valence-electron chi connectivity index (χ0n) is 14.3. The molecular formula is C19H18Cl2N2O3. The molecule has 0 aliphatic heterocycles. The molecule has 0 bridgehead atoms. The van der Waals surface area contributed by atoms with E-state index in [1.54, 1.807) is 62.7 Å². The number of methoxy groups -OCH3 is 1.